The zero-order valence-corrected chi connectivity index (χ0v) is 24.3. The number of para-hydroxylation sites is 1. The average molecular weight is 570 g/mol. The first-order valence-electron chi connectivity index (χ1n) is 13.7. The van der Waals surface area contributed by atoms with Crippen LogP contribution in [0.4, 0.5) is 23.0 Å². The average Bonchev–Trinajstić information content (AvgIpc) is 3.39. The van der Waals surface area contributed by atoms with Gasteiger partial charge in [-0.3, -0.25) is 4.79 Å². The number of nitrogens with one attached hydrogen (secondary N) is 3. The lowest BCUT2D eigenvalue weighted by molar-refractivity contribution is -0.111. The Labute approximate surface area is 244 Å². The number of aryl methyl sites for hydroxylation is 2. The van der Waals surface area contributed by atoms with Crippen molar-refractivity contribution >= 4 is 45.8 Å². The summed E-state index contributed by atoms with van der Waals surface area (Å²) in [6, 6.07) is 9.83. The first kappa shape index (κ1) is 28.6. The first-order valence-corrected chi connectivity index (χ1v) is 13.7. The number of methoxy groups -OCH3 is 2. The number of hydrogen-bond acceptors (Lipinski definition) is 9. The normalized spacial score (nSPS) is 12.1. The second-order valence-electron chi connectivity index (χ2n) is 10.0. The van der Waals surface area contributed by atoms with Gasteiger partial charge in [-0.2, -0.15) is 0 Å². The van der Waals surface area contributed by atoms with Crippen molar-refractivity contribution in [3.8, 4) is 17.0 Å². The van der Waals surface area contributed by atoms with E-state index in [0.717, 1.165) is 48.1 Å². The van der Waals surface area contributed by atoms with Crippen LogP contribution in [0.5, 0.6) is 5.75 Å². The number of esters is 1. The number of rotatable bonds is 11. The third-order valence-corrected chi connectivity index (χ3v) is 7.39. The van der Waals surface area contributed by atoms with Crippen LogP contribution in [0.1, 0.15) is 22.3 Å². The number of benzene rings is 2. The van der Waals surface area contributed by atoms with Gasteiger partial charge in [0.15, 0.2) is 0 Å². The maximum Gasteiger partial charge on any atom is 0.341 e. The van der Waals surface area contributed by atoms with Crippen LogP contribution >= 0.6 is 0 Å². The van der Waals surface area contributed by atoms with Gasteiger partial charge in [-0.25, -0.2) is 14.8 Å². The number of carbonyl (C=O) groups excluding carboxylic acids is 2. The van der Waals surface area contributed by atoms with E-state index >= 15 is 0 Å². The lowest BCUT2D eigenvalue weighted by atomic mass is 10.0. The molecule has 0 aliphatic carbocycles. The summed E-state index contributed by atoms with van der Waals surface area (Å²) in [5.74, 6) is -0.0969. The number of hydrogen-bond donors (Lipinski definition) is 3. The van der Waals surface area contributed by atoms with E-state index in [1.807, 2.05) is 43.4 Å². The third kappa shape index (κ3) is 5.51. The molecular formula is C31H35N7O4. The SMILES string of the molecule is C=CC(=O)Nc1cc(Nc2ncc(C(=O)OC)c(-c3cn4c5c(cccc35)CCC4)n2)c(OC)cc1N(C)CCNC. The number of aromatic nitrogens is 3. The van der Waals surface area contributed by atoms with E-state index in [1.54, 1.807) is 13.2 Å². The highest BCUT2D eigenvalue weighted by atomic mass is 16.5. The van der Waals surface area contributed by atoms with Gasteiger partial charge in [-0.1, -0.05) is 24.8 Å². The molecule has 218 valence electrons. The van der Waals surface area contributed by atoms with Crippen molar-refractivity contribution < 1.29 is 19.1 Å². The minimum Gasteiger partial charge on any atom is -0.494 e. The largest absolute Gasteiger partial charge is 0.494 e. The maximum absolute atomic E-state index is 12.8. The number of nitrogens with zero attached hydrogens (tertiary/aromatic N) is 4. The van der Waals surface area contributed by atoms with E-state index in [9.17, 15) is 9.59 Å². The van der Waals surface area contributed by atoms with Gasteiger partial charge in [0.1, 0.15) is 11.3 Å². The van der Waals surface area contributed by atoms with Gasteiger partial charge >= 0.3 is 5.97 Å². The molecule has 2 aromatic carbocycles. The Morgan fingerprint density at radius 3 is 2.79 bits per heavy atom. The smallest absolute Gasteiger partial charge is 0.341 e. The number of anilines is 4. The number of amides is 1. The molecule has 0 bridgehead atoms. The van der Waals surface area contributed by atoms with Crippen molar-refractivity contribution in [1.29, 1.82) is 0 Å². The fourth-order valence-corrected chi connectivity index (χ4v) is 5.31. The van der Waals surface area contributed by atoms with E-state index in [0.29, 0.717) is 29.4 Å². The van der Waals surface area contributed by atoms with Crippen LogP contribution in [-0.2, 0) is 22.5 Å². The van der Waals surface area contributed by atoms with Crippen molar-refractivity contribution in [2.75, 3.05) is 56.9 Å². The van der Waals surface area contributed by atoms with Crippen LogP contribution in [0.3, 0.4) is 0 Å². The molecule has 1 aliphatic heterocycles. The minimum atomic E-state index is -0.524. The molecule has 0 atom stereocenters. The molecule has 11 nitrogen and oxygen atoms in total. The zero-order valence-electron chi connectivity index (χ0n) is 24.3. The molecule has 1 aliphatic rings. The number of ether oxygens (including phenoxy) is 2. The van der Waals surface area contributed by atoms with Crippen LogP contribution in [0.2, 0.25) is 0 Å². The molecule has 42 heavy (non-hydrogen) atoms. The van der Waals surface area contributed by atoms with Gasteiger partial charge in [0, 0.05) is 56.1 Å². The van der Waals surface area contributed by atoms with Crippen LogP contribution in [0.15, 0.2) is 55.4 Å². The van der Waals surface area contributed by atoms with E-state index in [2.05, 4.69) is 38.1 Å². The highest BCUT2D eigenvalue weighted by molar-refractivity contribution is 6.04. The summed E-state index contributed by atoms with van der Waals surface area (Å²) in [4.78, 5) is 36.4. The van der Waals surface area contributed by atoms with Gasteiger partial charge in [0.25, 0.3) is 0 Å². The molecule has 0 spiro atoms. The molecule has 0 radical (unpaired) electrons. The van der Waals surface area contributed by atoms with Crippen molar-refractivity contribution in [3.63, 3.8) is 0 Å². The molecule has 0 saturated heterocycles. The fourth-order valence-electron chi connectivity index (χ4n) is 5.31. The Kier molecular flexibility index (Phi) is 8.39. The zero-order chi connectivity index (χ0) is 29.8. The van der Waals surface area contributed by atoms with Crippen LogP contribution < -0.4 is 25.6 Å². The van der Waals surface area contributed by atoms with Crippen molar-refractivity contribution in [3.05, 3.63) is 66.5 Å². The Hall–Kier alpha value is -4.90. The maximum atomic E-state index is 12.8. The topological polar surface area (TPSA) is 123 Å². The molecule has 1 amide bonds. The summed E-state index contributed by atoms with van der Waals surface area (Å²) in [6.45, 7) is 5.91. The summed E-state index contributed by atoms with van der Waals surface area (Å²) in [6.07, 6.45) is 6.78. The quantitative estimate of drug-likeness (QED) is 0.179. The van der Waals surface area contributed by atoms with Crippen molar-refractivity contribution in [1.82, 2.24) is 19.9 Å². The second-order valence-corrected chi connectivity index (χ2v) is 10.0. The van der Waals surface area contributed by atoms with Gasteiger partial charge in [0.05, 0.1) is 42.5 Å². The van der Waals surface area contributed by atoms with E-state index in [-0.39, 0.29) is 17.4 Å². The van der Waals surface area contributed by atoms with Crippen molar-refractivity contribution in [2.45, 2.75) is 19.4 Å². The van der Waals surface area contributed by atoms with E-state index in [4.69, 9.17) is 14.5 Å². The Balaban J connectivity index is 1.60. The Morgan fingerprint density at radius 1 is 1.21 bits per heavy atom. The van der Waals surface area contributed by atoms with E-state index in [1.165, 1.54) is 24.9 Å². The minimum absolute atomic E-state index is 0.250. The summed E-state index contributed by atoms with van der Waals surface area (Å²) in [5.41, 5.74) is 5.83. The third-order valence-electron chi connectivity index (χ3n) is 7.39. The molecule has 5 rings (SSSR count). The Morgan fingerprint density at radius 2 is 2.05 bits per heavy atom. The molecule has 2 aromatic heterocycles. The summed E-state index contributed by atoms with van der Waals surface area (Å²) in [5, 5.41) is 10.3. The predicted molar refractivity (Wildman–Crippen MR) is 165 cm³/mol. The summed E-state index contributed by atoms with van der Waals surface area (Å²) < 4.78 is 13.0. The summed E-state index contributed by atoms with van der Waals surface area (Å²) in [7, 11) is 6.72. The Bertz CT molecular complexity index is 1660. The van der Waals surface area contributed by atoms with E-state index < -0.39 is 5.97 Å². The predicted octanol–water partition coefficient (Wildman–Crippen LogP) is 4.36. The van der Waals surface area contributed by atoms with Crippen molar-refractivity contribution in [2.24, 2.45) is 0 Å². The van der Waals surface area contributed by atoms with Crippen LogP contribution in [0, 0.1) is 0 Å². The lowest BCUT2D eigenvalue weighted by Crippen LogP contribution is -2.28. The van der Waals surface area contributed by atoms with Crippen LogP contribution in [0.25, 0.3) is 22.2 Å². The first-order chi connectivity index (χ1) is 20.4. The molecule has 0 fully saturated rings. The highest BCUT2D eigenvalue weighted by Crippen LogP contribution is 2.39. The fraction of sp³-hybridized carbons (Fsp3) is 0.290. The van der Waals surface area contributed by atoms with Gasteiger partial charge < -0.3 is 34.9 Å². The number of likely N-dealkylation sites (N-methyl/N-ethyl adjacent to an activating group) is 2. The number of carbonyl (C=O) groups is 2. The second kappa shape index (κ2) is 12.3. The molecule has 4 aromatic rings. The highest BCUT2D eigenvalue weighted by Gasteiger charge is 2.24. The molecule has 3 heterocycles. The molecular weight excluding hydrogens is 534 g/mol. The lowest BCUT2D eigenvalue weighted by Gasteiger charge is -2.24. The standard InChI is InChI=1S/C31H35N7O4/c1-6-27(39)34-23-15-24(26(41-4)16-25(23)37(3)14-12-32-2)35-31-33-17-21(30(40)42-5)28(36-31)22-18-38-13-8-10-19-9-7-11-20(22)29(19)38/h6-7,9,11,15-18,32H,1,8,10,12-14H2,2-5H3,(H,34,39)(H,33,35,36). The monoisotopic (exact) mass is 569 g/mol. The molecule has 11 heteroatoms. The molecule has 0 unspecified atom stereocenters. The molecule has 3 N–H and O–H groups in total. The molecule has 0 saturated carbocycles. The summed E-state index contributed by atoms with van der Waals surface area (Å²) >= 11 is 0. The van der Waals surface area contributed by atoms with Crippen LogP contribution in [-0.4, -0.2) is 67.8 Å². The van der Waals surface area contributed by atoms with Gasteiger partial charge in [-0.15, -0.1) is 0 Å². The van der Waals surface area contributed by atoms with Gasteiger partial charge in [-0.05, 0) is 37.6 Å². The van der Waals surface area contributed by atoms with Gasteiger partial charge in [0.2, 0.25) is 11.9 Å².